The van der Waals surface area contributed by atoms with E-state index in [1.165, 1.54) is 6.20 Å². The van der Waals surface area contributed by atoms with Gasteiger partial charge in [-0.05, 0) is 6.92 Å². The van der Waals surface area contributed by atoms with E-state index in [0.717, 1.165) is 4.57 Å². The Hall–Kier alpha value is -1.51. The molecule has 0 aromatic carbocycles. The first kappa shape index (κ1) is 12.9. The number of aliphatic hydroxyl groups excluding tert-OH is 1. The Morgan fingerprint density at radius 3 is 3.00 bits per heavy atom. The van der Waals surface area contributed by atoms with Crippen LogP contribution in [0.25, 0.3) is 0 Å². The molecule has 1 saturated heterocycles. The number of aromatic nitrogens is 2. The summed E-state index contributed by atoms with van der Waals surface area (Å²) in [5, 5.41) is 17.6. The van der Waals surface area contributed by atoms with Gasteiger partial charge in [-0.15, -0.1) is 0 Å². The normalized spacial score (nSPS) is 27.4. The molecule has 0 spiro atoms. The smallest absolute Gasteiger partial charge is 0.351 e. The number of hydrogen-bond donors (Lipinski definition) is 3. The molecule has 1 aromatic rings. The van der Waals surface area contributed by atoms with Crippen LogP contribution in [0.2, 0.25) is 0 Å². The monoisotopic (exact) mass is 259 g/mol. The van der Waals surface area contributed by atoms with E-state index in [2.05, 4.69) is 4.98 Å². The maximum absolute atomic E-state index is 13.7. The van der Waals surface area contributed by atoms with Crippen molar-refractivity contribution in [1.82, 2.24) is 9.55 Å². The van der Waals surface area contributed by atoms with Crippen molar-refractivity contribution in [3.05, 3.63) is 22.2 Å². The molecule has 2 rings (SSSR count). The summed E-state index contributed by atoms with van der Waals surface area (Å²) < 4.78 is 20.0. The van der Waals surface area contributed by atoms with Crippen LogP contribution in [0.3, 0.4) is 0 Å². The third-order valence-corrected chi connectivity index (χ3v) is 2.85. The highest BCUT2D eigenvalue weighted by Crippen LogP contribution is 2.30. The molecule has 1 aliphatic heterocycles. The van der Waals surface area contributed by atoms with Crippen LogP contribution in [0.1, 0.15) is 18.2 Å². The minimum Gasteiger partial charge on any atom is -0.394 e. The standard InChI is InChI=1S/C10H14FN3O4/c1-5-3-14(10(16)12-8(5)13-17)9-7(11)2-6(4-15)18-9/h3,6-7,9,15,17H,2,4H2,1H3,(H,12,13,16). The highest BCUT2D eigenvalue weighted by atomic mass is 19.1. The zero-order chi connectivity index (χ0) is 13.3. The molecule has 0 aliphatic carbocycles. The molecule has 100 valence electrons. The molecule has 0 saturated carbocycles. The molecule has 1 aromatic heterocycles. The third kappa shape index (κ3) is 2.22. The van der Waals surface area contributed by atoms with Gasteiger partial charge in [-0.25, -0.2) is 9.18 Å². The van der Waals surface area contributed by atoms with Crippen molar-refractivity contribution in [2.75, 3.05) is 12.1 Å². The lowest BCUT2D eigenvalue weighted by Crippen LogP contribution is -2.31. The maximum atomic E-state index is 13.7. The van der Waals surface area contributed by atoms with Gasteiger partial charge in [0, 0.05) is 18.2 Å². The molecule has 3 N–H and O–H groups in total. The van der Waals surface area contributed by atoms with E-state index in [0.29, 0.717) is 5.56 Å². The van der Waals surface area contributed by atoms with Gasteiger partial charge in [0.05, 0.1) is 12.7 Å². The van der Waals surface area contributed by atoms with E-state index in [-0.39, 0.29) is 18.8 Å². The van der Waals surface area contributed by atoms with E-state index in [4.69, 9.17) is 15.1 Å². The van der Waals surface area contributed by atoms with Gasteiger partial charge in [-0.3, -0.25) is 15.3 Å². The zero-order valence-electron chi connectivity index (χ0n) is 9.71. The second-order valence-corrected chi connectivity index (χ2v) is 4.16. The molecule has 0 bridgehead atoms. The maximum Gasteiger partial charge on any atom is 0.351 e. The molecule has 0 radical (unpaired) electrons. The molecular weight excluding hydrogens is 245 g/mol. The molecule has 1 aliphatic rings. The molecule has 7 nitrogen and oxygen atoms in total. The predicted octanol–water partition coefficient (Wildman–Crippen LogP) is -0.0293. The van der Waals surface area contributed by atoms with Crippen molar-refractivity contribution < 1.29 is 19.4 Å². The SMILES string of the molecule is Cc1cn(C2OC(CO)CC2F)c(=O)nc1NO. The van der Waals surface area contributed by atoms with Crippen LogP contribution in [0.4, 0.5) is 10.2 Å². The van der Waals surface area contributed by atoms with Crippen molar-refractivity contribution >= 4 is 5.82 Å². The second-order valence-electron chi connectivity index (χ2n) is 4.16. The van der Waals surface area contributed by atoms with Crippen LogP contribution in [0.15, 0.2) is 11.0 Å². The quantitative estimate of drug-likeness (QED) is 0.660. The molecule has 18 heavy (non-hydrogen) atoms. The lowest BCUT2D eigenvalue weighted by Gasteiger charge is -2.17. The van der Waals surface area contributed by atoms with Gasteiger partial charge in [0.1, 0.15) is 6.17 Å². The highest BCUT2D eigenvalue weighted by Gasteiger charge is 2.37. The summed E-state index contributed by atoms with van der Waals surface area (Å²) in [7, 11) is 0. The van der Waals surface area contributed by atoms with Crippen LogP contribution < -0.4 is 11.2 Å². The number of hydrogen-bond acceptors (Lipinski definition) is 6. The summed E-state index contributed by atoms with van der Waals surface area (Å²) in [6.45, 7) is 1.31. The van der Waals surface area contributed by atoms with Gasteiger partial charge in [-0.1, -0.05) is 0 Å². The Morgan fingerprint density at radius 2 is 2.44 bits per heavy atom. The molecule has 1 fully saturated rings. The average molecular weight is 259 g/mol. The largest absolute Gasteiger partial charge is 0.394 e. The topological polar surface area (TPSA) is 96.6 Å². The van der Waals surface area contributed by atoms with E-state index >= 15 is 0 Å². The Bertz CT molecular complexity index is 493. The summed E-state index contributed by atoms with van der Waals surface area (Å²) in [5.74, 6) is 0.0170. The van der Waals surface area contributed by atoms with E-state index in [1.54, 1.807) is 12.4 Å². The minimum absolute atomic E-state index is 0.0170. The van der Waals surface area contributed by atoms with E-state index < -0.39 is 24.2 Å². The average Bonchev–Trinajstić information content (AvgIpc) is 2.73. The highest BCUT2D eigenvalue weighted by molar-refractivity contribution is 5.38. The third-order valence-electron chi connectivity index (χ3n) is 2.85. The summed E-state index contributed by atoms with van der Waals surface area (Å²) >= 11 is 0. The Kier molecular flexibility index (Phi) is 3.60. The van der Waals surface area contributed by atoms with Gasteiger partial charge in [0.25, 0.3) is 0 Å². The van der Waals surface area contributed by atoms with Crippen LogP contribution in [-0.4, -0.2) is 38.7 Å². The first-order valence-corrected chi connectivity index (χ1v) is 5.47. The summed E-state index contributed by atoms with van der Waals surface area (Å²) in [6, 6.07) is 0. The van der Waals surface area contributed by atoms with Gasteiger partial charge >= 0.3 is 5.69 Å². The lowest BCUT2D eigenvalue weighted by atomic mass is 10.2. The number of nitrogens with one attached hydrogen (secondary N) is 1. The number of aliphatic hydroxyl groups is 1. The van der Waals surface area contributed by atoms with Crippen LogP contribution in [-0.2, 0) is 4.74 Å². The number of alkyl halides is 1. The molecule has 2 heterocycles. The molecular formula is C10H14FN3O4. The zero-order valence-corrected chi connectivity index (χ0v) is 9.71. The van der Waals surface area contributed by atoms with Gasteiger partial charge in [-0.2, -0.15) is 4.98 Å². The lowest BCUT2D eigenvalue weighted by molar-refractivity contribution is -0.0394. The molecule has 0 amide bonds. The van der Waals surface area contributed by atoms with Crippen molar-refractivity contribution in [3.63, 3.8) is 0 Å². The van der Waals surface area contributed by atoms with Crippen molar-refractivity contribution in [1.29, 1.82) is 0 Å². The number of ether oxygens (including phenoxy) is 1. The van der Waals surface area contributed by atoms with Gasteiger partial charge in [0.2, 0.25) is 0 Å². The first-order chi connectivity index (χ1) is 8.56. The molecule has 3 unspecified atom stereocenters. The predicted molar refractivity (Wildman–Crippen MR) is 59.2 cm³/mol. The number of anilines is 1. The number of nitrogens with zero attached hydrogens (tertiary/aromatic N) is 2. The fourth-order valence-corrected chi connectivity index (χ4v) is 1.92. The van der Waals surface area contributed by atoms with Crippen molar-refractivity contribution in [3.8, 4) is 0 Å². The summed E-state index contributed by atoms with van der Waals surface area (Å²) in [6.07, 6.45) is -1.70. The van der Waals surface area contributed by atoms with Crippen molar-refractivity contribution in [2.24, 2.45) is 0 Å². The number of rotatable bonds is 3. The fraction of sp³-hybridized carbons (Fsp3) is 0.600. The van der Waals surface area contributed by atoms with Crippen LogP contribution in [0, 0.1) is 6.92 Å². The van der Waals surface area contributed by atoms with E-state index in [1.807, 2.05) is 0 Å². The number of halogens is 1. The minimum atomic E-state index is -1.38. The Morgan fingerprint density at radius 1 is 1.72 bits per heavy atom. The van der Waals surface area contributed by atoms with E-state index in [9.17, 15) is 9.18 Å². The Labute approximate surface area is 102 Å². The second kappa shape index (κ2) is 5.01. The Balaban J connectivity index is 2.34. The van der Waals surface area contributed by atoms with Gasteiger partial charge in [0.15, 0.2) is 12.0 Å². The molecule has 3 atom stereocenters. The fourth-order valence-electron chi connectivity index (χ4n) is 1.92. The summed E-state index contributed by atoms with van der Waals surface area (Å²) in [5.41, 5.74) is 1.53. The van der Waals surface area contributed by atoms with Crippen molar-refractivity contribution in [2.45, 2.75) is 31.8 Å². The van der Waals surface area contributed by atoms with Gasteiger partial charge < -0.3 is 9.84 Å². The first-order valence-electron chi connectivity index (χ1n) is 5.47. The van der Waals surface area contributed by atoms with Crippen LogP contribution >= 0.6 is 0 Å². The molecule has 8 heteroatoms. The van der Waals surface area contributed by atoms with Crippen LogP contribution in [0.5, 0.6) is 0 Å². The summed E-state index contributed by atoms with van der Waals surface area (Å²) in [4.78, 5) is 15.2. The number of aryl methyl sites for hydroxylation is 1.